The molecule has 0 spiro atoms. The summed E-state index contributed by atoms with van der Waals surface area (Å²) >= 11 is 0. The second-order valence-electron chi connectivity index (χ2n) is 5.72. The summed E-state index contributed by atoms with van der Waals surface area (Å²) in [6.07, 6.45) is 20.2. The Balaban J connectivity index is 2.94. The molecule has 0 fully saturated rings. The molecule has 17 heavy (non-hydrogen) atoms. The Hall–Kier alpha value is -0.260. The van der Waals surface area contributed by atoms with E-state index in [0.717, 1.165) is 5.92 Å². The molecule has 102 valence electrons. The average Bonchev–Trinajstić information content (AvgIpc) is 2.30. The number of allylic oxidation sites excluding steroid dienone is 2. The van der Waals surface area contributed by atoms with Gasteiger partial charge in [-0.1, -0.05) is 83.8 Å². The topological polar surface area (TPSA) is 0 Å². The predicted molar refractivity (Wildman–Crippen MR) is 80.4 cm³/mol. The summed E-state index contributed by atoms with van der Waals surface area (Å²) in [7, 11) is 0. The van der Waals surface area contributed by atoms with Gasteiger partial charge in [0.2, 0.25) is 0 Å². The van der Waals surface area contributed by atoms with Gasteiger partial charge in [-0.3, -0.25) is 0 Å². The monoisotopic (exact) mass is 238 g/mol. The first-order chi connectivity index (χ1) is 8.27. The maximum Gasteiger partial charge on any atom is -0.0351 e. The maximum absolute atomic E-state index is 2.33. The van der Waals surface area contributed by atoms with E-state index in [0.29, 0.717) is 0 Å². The van der Waals surface area contributed by atoms with Crippen molar-refractivity contribution in [1.82, 2.24) is 0 Å². The van der Waals surface area contributed by atoms with Gasteiger partial charge in [-0.2, -0.15) is 0 Å². The summed E-state index contributed by atoms with van der Waals surface area (Å²) in [5.74, 6) is 0.896. The first-order valence-electron chi connectivity index (χ1n) is 7.88. The predicted octanol–water partition coefficient (Wildman–Crippen LogP) is 6.51. The van der Waals surface area contributed by atoms with Gasteiger partial charge in [0, 0.05) is 0 Å². The largest absolute Gasteiger partial charge is 0.0917 e. The SMILES string of the molecule is CC=CCCCCCCCCCCCC(C)C. The molecule has 0 bridgehead atoms. The lowest BCUT2D eigenvalue weighted by Gasteiger charge is -2.04. The first kappa shape index (κ1) is 16.7. The summed E-state index contributed by atoms with van der Waals surface area (Å²) in [4.78, 5) is 0. The van der Waals surface area contributed by atoms with Crippen LogP contribution in [0.1, 0.15) is 91.4 Å². The molecular formula is C17H34. The highest BCUT2D eigenvalue weighted by Gasteiger charge is 1.95. The molecule has 0 nitrogen and oxygen atoms in total. The van der Waals surface area contributed by atoms with Crippen LogP contribution in [0.2, 0.25) is 0 Å². The van der Waals surface area contributed by atoms with E-state index in [9.17, 15) is 0 Å². The van der Waals surface area contributed by atoms with Crippen molar-refractivity contribution in [1.29, 1.82) is 0 Å². The molecule has 0 N–H and O–H groups in total. The zero-order valence-electron chi connectivity index (χ0n) is 12.5. The molecule has 0 aromatic rings. The molecule has 0 unspecified atom stereocenters. The lowest BCUT2D eigenvalue weighted by atomic mass is 10.0. The van der Waals surface area contributed by atoms with Crippen LogP contribution >= 0.6 is 0 Å². The van der Waals surface area contributed by atoms with E-state index < -0.39 is 0 Å². The fourth-order valence-corrected chi connectivity index (χ4v) is 2.22. The summed E-state index contributed by atoms with van der Waals surface area (Å²) in [5.41, 5.74) is 0. The van der Waals surface area contributed by atoms with Gasteiger partial charge in [-0.05, 0) is 25.7 Å². The van der Waals surface area contributed by atoms with Crippen LogP contribution in [-0.2, 0) is 0 Å². The Kier molecular flexibility index (Phi) is 13.6. The van der Waals surface area contributed by atoms with Gasteiger partial charge in [-0.25, -0.2) is 0 Å². The molecule has 0 heteroatoms. The molecule has 0 aliphatic rings. The van der Waals surface area contributed by atoms with Crippen molar-refractivity contribution in [3.8, 4) is 0 Å². The van der Waals surface area contributed by atoms with Crippen molar-refractivity contribution in [2.24, 2.45) is 5.92 Å². The Labute approximate surface area is 110 Å². The zero-order chi connectivity index (χ0) is 12.8. The Bertz CT molecular complexity index is 155. The molecule has 0 atom stereocenters. The molecule has 0 radical (unpaired) electrons. The summed E-state index contributed by atoms with van der Waals surface area (Å²) < 4.78 is 0. The summed E-state index contributed by atoms with van der Waals surface area (Å²) in [6.45, 7) is 6.76. The fraction of sp³-hybridized carbons (Fsp3) is 0.882. The smallest absolute Gasteiger partial charge is 0.0351 e. The second-order valence-corrected chi connectivity index (χ2v) is 5.72. The van der Waals surface area contributed by atoms with Gasteiger partial charge < -0.3 is 0 Å². The van der Waals surface area contributed by atoms with Gasteiger partial charge in [0.1, 0.15) is 0 Å². The minimum Gasteiger partial charge on any atom is -0.0917 e. The van der Waals surface area contributed by atoms with Crippen molar-refractivity contribution in [2.45, 2.75) is 91.4 Å². The molecule has 0 aliphatic carbocycles. The normalized spacial score (nSPS) is 11.8. The molecular weight excluding hydrogens is 204 g/mol. The van der Waals surface area contributed by atoms with Crippen molar-refractivity contribution >= 4 is 0 Å². The number of hydrogen-bond donors (Lipinski definition) is 0. The minimum absolute atomic E-state index is 0.896. The van der Waals surface area contributed by atoms with E-state index in [1.807, 2.05) is 0 Å². The van der Waals surface area contributed by atoms with E-state index >= 15 is 0 Å². The maximum atomic E-state index is 2.33. The van der Waals surface area contributed by atoms with Crippen LogP contribution in [0.5, 0.6) is 0 Å². The van der Waals surface area contributed by atoms with Crippen LogP contribution in [0.4, 0.5) is 0 Å². The second kappa shape index (κ2) is 13.8. The highest BCUT2D eigenvalue weighted by molar-refractivity contribution is 4.76. The van der Waals surface area contributed by atoms with Crippen molar-refractivity contribution < 1.29 is 0 Å². The van der Waals surface area contributed by atoms with E-state index in [1.54, 1.807) is 0 Å². The molecule has 0 rings (SSSR count). The number of rotatable bonds is 12. The van der Waals surface area contributed by atoms with Gasteiger partial charge in [0.05, 0.1) is 0 Å². The van der Waals surface area contributed by atoms with Crippen molar-refractivity contribution in [3.63, 3.8) is 0 Å². The fourth-order valence-electron chi connectivity index (χ4n) is 2.22. The molecule has 0 aromatic heterocycles. The molecule has 0 saturated heterocycles. The zero-order valence-corrected chi connectivity index (χ0v) is 12.5. The number of hydrogen-bond acceptors (Lipinski definition) is 0. The van der Waals surface area contributed by atoms with Crippen molar-refractivity contribution in [3.05, 3.63) is 12.2 Å². The summed E-state index contributed by atoms with van der Waals surface area (Å²) in [6, 6.07) is 0. The van der Waals surface area contributed by atoms with Gasteiger partial charge in [0.25, 0.3) is 0 Å². The Morgan fingerprint density at radius 2 is 1.18 bits per heavy atom. The quantitative estimate of drug-likeness (QED) is 0.268. The van der Waals surface area contributed by atoms with Gasteiger partial charge >= 0.3 is 0 Å². The van der Waals surface area contributed by atoms with Crippen LogP contribution in [0.15, 0.2) is 12.2 Å². The number of unbranched alkanes of at least 4 members (excludes halogenated alkanes) is 9. The van der Waals surface area contributed by atoms with Crippen molar-refractivity contribution in [2.75, 3.05) is 0 Å². The molecule has 0 heterocycles. The molecule has 0 aromatic carbocycles. The lowest BCUT2D eigenvalue weighted by molar-refractivity contribution is 0.506. The van der Waals surface area contributed by atoms with Crippen LogP contribution in [0.25, 0.3) is 0 Å². The standard InChI is InChI=1S/C17H34/c1-4-5-6-7-8-9-10-11-12-13-14-15-16-17(2)3/h4-5,17H,6-16H2,1-3H3. The van der Waals surface area contributed by atoms with Crippen LogP contribution in [-0.4, -0.2) is 0 Å². The lowest BCUT2D eigenvalue weighted by Crippen LogP contribution is -1.87. The van der Waals surface area contributed by atoms with E-state index in [4.69, 9.17) is 0 Å². The summed E-state index contributed by atoms with van der Waals surface area (Å²) in [5, 5.41) is 0. The highest BCUT2D eigenvalue weighted by atomic mass is 14.0. The average molecular weight is 238 g/mol. The van der Waals surface area contributed by atoms with E-state index in [2.05, 4.69) is 32.9 Å². The third-order valence-electron chi connectivity index (χ3n) is 3.39. The Morgan fingerprint density at radius 3 is 1.65 bits per heavy atom. The highest BCUT2D eigenvalue weighted by Crippen LogP contribution is 2.13. The molecule has 0 aliphatic heterocycles. The minimum atomic E-state index is 0.896. The first-order valence-corrected chi connectivity index (χ1v) is 7.88. The van der Waals surface area contributed by atoms with Gasteiger partial charge in [0.15, 0.2) is 0 Å². The van der Waals surface area contributed by atoms with Gasteiger partial charge in [-0.15, -0.1) is 0 Å². The van der Waals surface area contributed by atoms with Crippen LogP contribution in [0, 0.1) is 5.92 Å². The third-order valence-corrected chi connectivity index (χ3v) is 3.39. The van der Waals surface area contributed by atoms with Crippen LogP contribution < -0.4 is 0 Å². The van der Waals surface area contributed by atoms with E-state index in [1.165, 1.54) is 70.6 Å². The molecule has 0 amide bonds. The van der Waals surface area contributed by atoms with E-state index in [-0.39, 0.29) is 0 Å². The van der Waals surface area contributed by atoms with Crippen LogP contribution in [0.3, 0.4) is 0 Å². The Morgan fingerprint density at radius 1 is 0.706 bits per heavy atom. The molecule has 0 saturated carbocycles. The third kappa shape index (κ3) is 15.7.